The zero-order valence-corrected chi connectivity index (χ0v) is 12.5. The number of amides is 1. The van der Waals surface area contributed by atoms with Crippen molar-refractivity contribution < 1.29 is 9.53 Å². The fraction of sp³-hybridized carbons (Fsp3) is 0.200. The number of hydrogen-bond acceptors (Lipinski definition) is 3. The first-order chi connectivity index (χ1) is 9.70. The van der Waals surface area contributed by atoms with E-state index in [4.69, 9.17) is 4.74 Å². The molecule has 1 N–H and O–H groups in total. The van der Waals surface area contributed by atoms with Crippen LogP contribution in [0.15, 0.2) is 41.1 Å². The van der Waals surface area contributed by atoms with Gasteiger partial charge in [-0.15, -0.1) is 0 Å². The number of hydrogen-bond donors (Lipinski definition) is 1. The molecule has 2 aromatic rings. The molecule has 0 spiro atoms. The van der Waals surface area contributed by atoms with Crippen LogP contribution in [0.4, 0.5) is 0 Å². The molecular weight excluding hydrogens is 320 g/mol. The van der Waals surface area contributed by atoms with Crippen molar-refractivity contribution in [2.45, 2.75) is 12.5 Å². The topological polar surface area (TPSA) is 51.2 Å². The molecule has 1 aliphatic rings. The van der Waals surface area contributed by atoms with Crippen LogP contribution in [0.3, 0.4) is 0 Å². The van der Waals surface area contributed by atoms with Gasteiger partial charge >= 0.3 is 0 Å². The lowest BCUT2D eigenvalue weighted by Crippen LogP contribution is -2.36. The van der Waals surface area contributed by atoms with Crippen LogP contribution >= 0.6 is 15.9 Å². The van der Waals surface area contributed by atoms with Crippen molar-refractivity contribution in [3.8, 4) is 5.75 Å². The van der Waals surface area contributed by atoms with Gasteiger partial charge in [0, 0.05) is 22.4 Å². The van der Waals surface area contributed by atoms with Gasteiger partial charge in [0.1, 0.15) is 5.75 Å². The van der Waals surface area contributed by atoms with Crippen molar-refractivity contribution in [2.75, 3.05) is 7.11 Å². The predicted octanol–water partition coefficient (Wildman–Crippen LogP) is 2.61. The number of carbonyl (C=O) groups excluding carboxylic acids is 1. The smallest absolute Gasteiger partial charge is 0.225 e. The number of ether oxygens (including phenoxy) is 1. The summed E-state index contributed by atoms with van der Waals surface area (Å²) in [6.45, 7) is 0. The highest BCUT2D eigenvalue weighted by Gasteiger charge is 2.30. The van der Waals surface area contributed by atoms with E-state index in [0.29, 0.717) is 6.42 Å². The molecule has 0 radical (unpaired) electrons. The summed E-state index contributed by atoms with van der Waals surface area (Å²) >= 11 is 3.52. The van der Waals surface area contributed by atoms with Gasteiger partial charge in [0.05, 0.1) is 19.6 Å². The molecule has 5 heteroatoms. The fourth-order valence-electron chi connectivity index (χ4n) is 2.53. The number of carbonyl (C=O) groups is 1. The van der Waals surface area contributed by atoms with E-state index < -0.39 is 0 Å². The van der Waals surface area contributed by atoms with E-state index in [9.17, 15) is 4.79 Å². The highest BCUT2D eigenvalue weighted by atomic mass is 79.9. The highest BCUT2D eigenvalue weighted by Crippen LogP contribution is 2.39. The monoisotopic (exact) mass is 332 g/mol. The van der Waals surface area contributed by atoms with E-state index in [-0.39, 0.29) is 11.9 Å². The molecule has 3 rings (SSSR count). The lowest BCUT2D eigenvalue weighted by molar-refractivity contribution is -0.121. The van der Waals surface area contributed by atoms with Crippen molar-refractivity contribution in [3.05, 3.63) is 57.8 Å². The average molecular weight is 333 g/mol. The Balaban J connectivity index is 2.21. The van der Waals surface area contributed by atoms with Gasteiger partial charge in [-0.3, -0.25) is 9.78 Å². The van der Waals surface area contributed by atoms with Gasteiger partial charge in [-0.2, -0.15) is 0 Å². The Morgan fingerprint density at radius 2 is 2.25 bits per heavy atom. The summed E-state index contributed by atoms with van der Waals surface area (Å²) in [4.78, 5) is 16.1. The molecule has 0 bridgehead atoms. The maximum Gasteiger partial charge on any atom is 0.225 e. The summed E-state index contributed by atoms with van der Waals surface area (Å²) in [6, 6.07) is 7.40. The third-order valence-corrected chi connectivity index (χ3v) is 4.17. The van der Waals surface area contributed by atoms with E-state index in [2.05, 4.69) is 26.2 Å². The SMILES string of the molecule is COc1ccc(Br)c2c1C(c1cccnc1)NC(=O)C2. The van der Waals surface area contributed by atoms with E-state index in [1.165, 1.54) is 0 Å². The van der Waals surface area contributed by atoms with Gasteiger partial charge in [0.2, 0.25) is 5.91 Å². The quantitative estimate of drug-likeness (QED) is 0.919. The van der Waals surface area contributed by atoms with Gasteiger partial charge in [0.25, 0.3) is 0 Å². The van der Waals surface area contributed by atoms with Gasteiger partial charge in [-0.25, -0.2) is 0 Å². The van der Waals surface area contributed by atoms with Crippen molar-refractivity contribution in [3.63, 3.8) is 0 Å². The minimum atomic E-state index is -0.229. The molecule has 2 heterocycles. The van der Waals surface area contributed by atoms with Crippen LogP contribution < -0.4 is 10.1 Å². The summed E-state index contributed by atoms with van der Waals surface area (Å²) in [5, 5.41) is 3.01. The van der Waals surface area contributed by atoms with Gasteiger partial charge in [-0.1, -0.05) is 22.0 Å². The maximum atomic E-state index is 12.0. The molecule has 0 saturated heterocycles. The number of fused-ring (bicyclic) bond motifs is 1. The molecule has 1 unspecified atom stereocenters. The first-order valence-electron chi connectivity index (χ1n) is 6.25. The minimum absolute atomic E-state index is 0.000283. The number of nitrogens with one attached hydrogen (secondary N) is 1. The largest absolute Gasteiger partial charge is 0.496 e. The number of aromatic nitrogens is 1. The molecule has 102 valence electrons. The Bertz CT molecular complexity index is 658. The summed E-state index contributed by atoms with van der Waals surface area (Å²) in [5.74, 6) is 0.775. The first-order valence-corrected chi connectivity index (χ1v) is 7.04. The molecular formula is C15H13BrN2O2. The molecule has 1 aromatic carbocycles. The van der Waals surface area contributed by atoms with Crippen LogP contribution in [0, 0.1) is 0 Å². The molecule has 20 heavy (non-hydrogen) atoms. The second-order valence-corrected chi connectivity index (χ2v) is 5.46. The Labute approximate surface area is 125 Å². The molecule has 1 aromatic heterocycles. The summed E-state index contributed by atoms with van der Waals surface area (Å²) < 4.78 is 6.39. The van der Waals surface area contributed by atoms with Crippen LogP contribution in [0.1, 0.15) is 22.7 Å². The Hall–Kier alpha value is -1.88. The van der Waals surface area contributed by atoms with Crippen LogP contribution in [0.25, 0.3) is 0 Å². The minimum Gasteiger partial charge on any atom is -0.496 e. The van der Waals surface area contributed by atoms with Crippen molar-refractivity contribution >= 4 is 21.8 Å². The molecule has 0 saturated carbocycles. The van der Waals surface area contributed by atoms with Gasteiger partial charge < -0.3 is 10.1 Å². The molecule has 1 atom stereocenters. The van der Waals surface area contributed by atoms with Gasteiger partial charge in [-0.05, 0) is 29.3 Å². The second-order valence-electron chi connectivity index (χ2n) is 4.61. The Morgan fingerprint density at radius 1 is 1.40 bits per heavy atom. The van der Waals surface area contributed by atoms with Crippen LogP contribution in [-0.2, 0) is 11.2 Å². The zero-order valence-electron chi connectivity index (χ0n) is 10.9. The lowest BCUT2D eigenvalue weighted by atomic mass is 9.89. The molecule has 4 nitrogen and oxygen atoms in total. The van der Waals surface area contributed by atoms with Crippen molar-refractivity contribution in [1.29, 1.82) is 0 Å². The zero-order chi connectivity index (χ0) is 14.1. The number of methoxy groups -OCH3 is 1. The second kappa shape index (κ2) is 5.25. The average Bonchev–Trinajstić information content (AvgIpc) is 2.48. The number of pyridine rings is 1. The lowest BCUT2D eigenvalue weighted by Gasteiger charge is -2.29. The number of rotatable bonds is 2. The van der Waals surface area contributed by atoms with Crippen LogP contribution in [0.2, 0.25) is 0 Å². The Kier molecular flexibility index (Phi) is 3.44. The number of nitrogens with zero attached hydrogens (tertiary/aromatic N) is 1. The fourth-order valence-corrected chi connectivity index (χ4v) is 3.02. The predicted molar refractivity (Wildman–Crippen MR) is 78.6 cm³/mol. The molecule has 1 amide bonds. The normalized spacial score (nSPS) is 17.3. The standard InChI is InChI=1S/C15H13BrN2O2/c1-20-12-5-4-11(16)10-7-13(19)18-15(14(10)12)9-3-2-6-17-8-9/h2-6,8,15H,7H2,1H3,(H,18,19). The third-order valence-electron chi connectivity index (χ3n) is 3.43. The third kappa shape index (κ3) is 2.18. The van der Waals surface area contributed by atoms with Crippen molar-refractivity contribution in [1.82, 2.24) is 10.3 Å². The summed E-state index contributed by atoms with van der Waals surface area (Å²) in [5.41, 5.74) is 2.91. The summed E-state index contributed by atoms with van der Waals surface area (Å²) in [6.07, 6.45) is 3.83. The van der Waals surface area contributed by atoms with Crippen LogP contribution in [0.5, 0.6) is 5.75 Å². The van der Waals surface area contributed by atoms with E-state index in [1.54, 1.807) is 19.5 Å². The van der Waals surface area contributed by atoms with Crippen molar-refractivity contribution in [2.24, 2.45) is 0 Å². The number of benzene rings is 1. The van der Waals surface area contributed by atoms with E-state index in [0.717, 1.165) is 26.9 Å². The molecule has 1 aliphatic heterocycles. The van der Waals surface area contributed by atoms with E-state index >= 15 is 0 Å². The Morgan fingerprint density at radius 3 is 2.95 bits per heavy atom. The maximum absolute atomic E-state index is 12.0. The highest BCUT2D eigenvalue weighted by molar-refractivity contribution is 9.10. The number of halogens is 1. The summed E-state index contributed by atoms with van der Waals surface area (Å²) in [7, 11) is 1.64. The van der Waals surface area contributed by atoms with Crippen LogP contribution in [-0.4, -0.2) is 18.0 Å². The van der Waals surface area contributed by atoms with Gasteiger partial charge in [0.15, 0.2) is 0 Å². The molecule has 0 aliphatic carbocycles. The van der Waals surface area contributed by atoms with E-state index in [1.807, 2.05) is 24.3 Å². The molecule has 0 fully saturated rings. The first kappa shape index (κ1) is 13.1.